The largest absolute Gasteiger partial charge is 0.310 e. The molecule has 0 saturated carbocycles. The van der Waals surface area contributed by atoms with E-state index >= 15 is 0 Å². The number of rotatable bonds is 8. The summed E-state index contributed by atoms with van der Waals surface area (Å²) in [5.41, 5.74) is 3.63. The maximum Gasteiger partial charge on any atom is 0.0422 e. The molecule has 0 spiro atoms. The number of hydrogen-bond donors (Lipinski definition) is 2. The predicted octanol–water partition coefficient (Wildman–Crippen LogP) is 2.70. The Kier molecular flexibility index (Phi) is 6.49. The molecule has 0 aliphatic rings. The van der Waals surface area contributed by atoms with Crippen LogP contribution in [-0.2, 0) is 19.5 Å². The van der Waals surface area contributed by atoms with E-state index in [1.54, 1.807) is 6.20 Å². The van der Waals surface area contributed by atoms with Gasteiger partial charge in [-0.3, -0.25) is 9.97 Å². The number of nitrogens with zero attached hydrogens (tertiary/aromatic N) is 2. The van der Waals surface area contributed by atoms with Crippen molar-refractivity contribution in [2.75, 3.05) is 0 Å². The highest BCUT2D eigenvalue weighted by molar-refractivity contribution is 5.17. The molecule has 0 amide bonds. The average molecular weight is 298 g/mol. The SMILES string of the molecule is CC(C)NCc1ccnc(CC(C)NCc2cccnc2)c1. The van der Waals surface area contributed by atoms with Crippen LogP contribution in [0.15, 0.2) is 42.9 Å². The molecule has 1 unspecified atom stereocenters. The van der Waals surface area contributed by atoms with Crippen LogP contribution in [0.3, 0.4) is 0 Å². The van der Waals surface area contributed by atoms with E-state index in [1.807, 2.05) is 18.5 Å². The van der Waals surface area contributed by atoms with E-state index < -0.39 is 0 Å². The molecule has 4 heteroatoms. The van der Waals surface area contributed by atoms with E-state index in [4.69, 9.17) is 0 Å². The summed E-state index contributed by atoms with van der Waals surface area (Å²) >= 11 is 0. The molecule has 2 rings (SSSR count). The zero-order valence-electron chi connectivity index (χ0n) is 13.7. The molecule has 0 aliphatic carbocycles. The van der Waals surface area contributed by atoms with Crippen molar-refractivity contribution in [3.63, 3.8) is 0 Å². The van der Waals surface area contributed by atoms with Crippen LogP contribution in [0.4, 0.5) is 0 Å². The molecule has 2 aromatic heterocycles. The van der Waals surface area contributed by atoms with Gasteiger partial charge in [0.05, 0.1) is 0 Å². The lowest BCUT2D eigenvalue weighted by Gasteiger charge is -2.14. The molecule has 0 aliphatic heterocycles. The van der Waals surface area contributed by atoms with Crippen molar-refractivity contribution in [1.82, 2.24) is 20.6 Å². The molecule has 4 nitrogen and oxygen atoms in total. The first-order chi connectivity index (χ1) is 10.6. The van der Waals surface area contributed by atoms with Crippen LogP contribution in [0.1, 0.15) is 37.6 Å². The van der Waals surface area contributed by atoms with E-state index in [2.05, 4.69) is 59.6 Å². The lowest BCUT2D eigenvalue weighted by Crippen LogP contribution is -2.28. The van der Waals surface area contributed by atoms with Crippen LogP contribution in [0.2, 0.25) is 0 Å². The van der Waals surface area contributed by atoms with Crippen molar-refractivity contribution in [3.05, 3.63) is 59.7 Å². The minimum atomic E-state index is 0.376. The summed E-state index contributed by atoms with van der Waals surface area (Å²) in [6.07, 6.45) is 6.53. The van der Waals surface area contributed by atoms with Gasteiger partial charge in [0.1, 0.15) is 0 Å². The second kappa shape index (κ2) is 8.61. The molecule has 118 valence electrons. The fraction of sp³-hybridized carbons (Fsp3) is 0.444. The van der Waals surface area contributed by atoms with Gasteiger partial charge in [0.25, 0.3) is 0 Å². The Labute approximate surface area is 133 Å². The monoisotopic (exact) mass is 298 g/mol. The van der Waals surface area contributed by atoms with Crippen molar-refractivity contribution < 1.29 is 0 Å². The van der Waals surface area contributed by atoms with Crippen LogP contribution < -0.4 is 10.6 Å². The lowest BCUT2D eigenvalue weighted by molar-refractivity contribution is 0.538. The van der Waals surface area contributed by atoms with Gasteiger partial charge in [-0.25, -0.2) is 0 Å². The van der Waals surface area contributed by atoms with Crippen molar-refractivity contribution >= 4 is 0 Å². The molecule has 1 atom stereocenters. The predicted molar refractivity (Wildman–Crippen MR) is 90.5 cm³/mol. The van der Waals surface area contributed by atoms with Gasteiger partial charge in [-0.1, -0.05) is 19.9 Å². The highest BCUT2D eigenvalue weighted by Crippen LogP contribution is 2.06. The fourth-order valence-corrected chi connectivity index (χ4v) is 2.25. The summed E-state index contributed by atoms with van der Waals surface area (Å²) in [6, 6.07) is 9.19. The average Bonchev–Trinajstić information content (AvgIpc) is 2.52. The minimum Gasteiger partial charge on any atom is -0.310 e. The minimum absolute atomic E-state index is 0.376. The van der Waals surface area contributed by atoms with Gasteiger partial charge >= 0.3 is 0 Å². The lowest BCUT2D eigenvalue weighted by atomic mass is 10.1. The fourth-order valence-electron chi connectivity index (χ4n) is 2.25. The van der Waals surface area contributed by atoms with Crippen molar-refractivity contribution in [2.45, 2.75) is 52.4 Å². The summed E-state index contributed by atoms with van der Waals surface area (Å²) in [6.45, 7) is 8.24. The van der Waals surface area contributed by atoms with E-state index in [9.17, 15) is 0 Å². The second-order valence-corrected chi connectivity index (χ2v) is 6.04. The summed E-state index contributed by atoms with van der Waals surface area (Å²) in [4.78, 5) is 8.61. The smallest absolute Gasteiger partial charge is 0.0422 e. The van der Waals surface area contributed by atoms with Gasteiger partial charge in [-0.15, -0.1) is 0 Å². The van der Waals surface area contributed by atoms with Gasteiger partial charge in [0.2, 0.25) is 0 Å². The first kappa shape index (κ1) is 16.6. The third-order valence-electron chi connectivity index (χ3n) is 3.49. The Morgan fingerprint density at radius 1 is 1.00 bits per heavy atom. The molecule has 2 N–H and O–H groups in total. The van der Waals surface area contributed by atoms with Gasteiger partial charge < -0.3 is 10.6 Å². The molecule has 2 heterocycles. The summed E-state index contributed by atoms with van der Waals surface area (Å²) in [7, 11) is 0. The van der Waals surface area contributed by atoms with Crippen molar-refractivity contribution in [2.24, 2.45) is 0 Å². The third-order valence-corrected chi connectivity index (χ3v) is 3.49. The van der Waals surface area contributed by atoms with Crippen molar-refractivity contribution in [3.8, 4) is 0 Å². The van der Waals surface area contributed by atoms with E-state index in [0.29, 0.717) is 12.1 Å². The Morgan fingerprint density at radius 2 is 1.82 bits per heavy atom. The second-order valence-electron chi connectivity index (χ2n) is 6.04. The van der Waals surface area contributed by atoms with Crippen LogP contribution in [0, 0.1) is 0 Å². The van der Waals surface area contributed by atoms with E-state index in [0.717, 1.165) is 25.2 Å². The highest BCUT2D eigenvalue weighted by atomic mass is 14.9. The molecule has 0 radical (unpaired) electrons. The number of nitrogens with one attached hydrogen (secondary N) is 2. The number of hydrogen-bond acceptors (Lipinski definition) is 4. The summed E-state index contributed by atoms with van der Waals surface area (Å²) in [5.74, 6) is 0. The molecular weight excluding hydrogens is 272 g/mol. The van der Waals surface area contributed by atoms with Gasteiger partial charge in [-0.05, 0) is 36.2 Å². The molecule has 0 aromatic carbocycles. The first-order valence-electron chi connectivity index (χ1n) is 7.93. The molecule has 2 aromatic rings. The molecule has 22 heavy (non-hydrogen) atoms. The number of aromatic nitrogens is 2. The Hall–Kier alpha value is -1.78. The third kappa shape index (κ3) is 5.92. The topological polar surface area (TPSA) is 49.8 Å². The van der Waals surface area contributed by atoms with Crippen LogP contribution in [-0.4, -0.2) is 22.1 Å². The van der Waals surface area contributed by atoms with Gasteiger partial charge in [0.15, 0.2) is 0 Å². The van der Waals surface area contributed by atoms with Crippen LogP contribution in [0.5, 0.6) is 0 Å². The maximum absolute atomic E-state index is 4.48. The zero-order valence-corrected chi connectivity index (χ0v) is 13.7. The molecule has 0 bridgehead atoms. The van der Waals surface area contributed by atoms with Gasteiger partial charge in [0, 0.05) is 55.9 Å². The normalized spacial score (nSPS) is 12.5. The molecular formula is C18H26N4. The van der Waals surface area contributed by atoms with E-state index in [1.165, 1.54) is 11.1 Å². The van der Waals surface area contributed by atoms with Crippen LogP contribution >= 0.6 is 0 Å². The molecule has 0 saturated heterocycles. The Bertz CT molecular complexity index is 554. The standard InChI is InChI=1S/C18H26N4/c1-14(2)21-12-16-6-8-20-18(10-16)9-15(3)22-13-17-5-4-7-19-11-17/h4-8,10-11,14-15,21-22H,9,12-13H2,1-3H3. The maximum atomic E-state index is 4.48. The summed E-state index contributed by atoms with van der Waals surface area (Å²) in [5, 5.41) is 6.96. The first-order valence-corrected chi connectivity index (χ1v) is 7.93. The quantitative estimate of drug-likeness (QED) is 0.787. The number of pyridine rings is 2. The van der Waals surface area contributed by atoms with Crippen molar-refractivity contribution in [1.29, 1.82) is 0 Å². The molecule has 0 fully saturated rings. The zero-order chi connectivity index (χ0) is 15.8. The van der Waals surface area contributed by atoms with E-state index in [-0.39, 0.29) is 0 Å². The van der Waals surface area contributed by atoms with Crippen LogP contribution in [0.25, 0.3) is 0 Å². The Balaban J connectivity index is 1.83. The summed E-state index contributed by atoms with van der Waals surface area (Å²) < 4.78 is 0. The highest BCUT2D eigenvalue weighted by Gasteiger charge is 2.05. The Morgan fingerprint density at radius 3 is 2.55 bits per heavy atom. The van der Waals surface area contributed by atoms with Gasteiger partial charge in [-0.2, -0.15) is 0 Å².